The number of fused-ring (bicyclic) bond motifs is 1. The van der Waals surface area contributed by atoms with Gasteiger partial charge in [-0.15, -0.1) is 0 Å². The first-order valence-electron chi connectivity index (χ1n) is 10.7. The van der Waals surface area contributed by atoms with Gasteiger partial charge < -0.3 is 9.80 Å². The van der Waals surface area contributed by atoms with Gasteiger partial charge in [-0.1, -0.05) is 0 Å². The Bertz CT molecular complexity index is 1190. The summed E-state index contributed by atoms with van der Waals surface area (Å²) in [7, 11) is -3.55. The minimum Gasteiger partial charge on any atom is -0.369 e. The molecule has 2 aliphatic rings. The van der Waals surface area contributed by atoms with Gasteiger partial charge in [0.2, 0.25) is 10.0 Å². The highest BCUT2D eigenvalue weighted by Crippen LogP contribution is 2.30. The number of nitrogens with one attached hydrogen (secondary N) is 1. The van der Waals surface area contributed by atoms with E-state index in [2.05, 4.69) is 42.1 Å². The molecule has 1 aromatic carbocycles. The number of rotatable bonds is 4. The summed E-state index contributed by atoms with van der Waals surface area (Å²) >= 11 is 0. The highest BCUT2D eigenvalue weighted by molar-refractivity contribution is 7.89. The van der Waals surface area contributed by atoms with E-state index in [0.717, 1.165) is 35.5 Å². The maximum atomic E-state index is 13.1. The van der Waals surface area contributed by atoms with Gasteiger partial charge in [0, 0.05) is 50.3 Å². The number of anilines is 2. The molecule has 2 saturated heterocycles. The van der Waals surface area contributed by atoms with Gasteiger partial charge in [-0.2, -0.15) is 9.40 Å². The van der Waals surface area contributed by atoms with E-state index in [4.69, 9.17) is 0 Å². The molecule has 1 N–H and O–H groups in total. The third kappa shape index (κ3) is 3.53. The van der Waals surface area contributed by atoms with Crippen molar-refractivity contribution in [2.45, 2.75) is 31.6 Å². The second kappa shape index (κ2) is 7.76. The topological polar surface area (TPSA) is 98.3 Å². The SMILES string of the molecule is Cc1n[nH]c(C)c1S(=O)(=O)N1CCN(c2ccc3ncnc(N4CCCC4)c3c2)CC1. The summed E-state index contributed by atoms with van der Waals surface area (Å²) in [5, 5.41) is 7.89. The number of piperazine rings is 1. The number of aryl methyl sites for hydroxylation is 2. The number of sulfonamides is 1. The Kier molecular flexibility index (Phi) is 5.05. The molecule has 31 heavy (non-hydrogen) atoms. The van der Waals surface area contributed by atoms with E-state index < -0.39 is 10.0 Å². The summed E-state index contributed by atoms with van der Waals surface area (Å²) in [6, 6.07) is 6.25. The zero-order valence-corrected chi connectivity index (χ0v) is 18.7. The summed E-state index contributed by atoms with van der Waals surface area (Å²) in [6.45, 7) is 7.67. The number of hydrogen-bond donors (Lipinski definition) is 1. The number of H-pyrrole nitrogens is 1. The minimum absolute atomic E-state index is 0.305. The van der Waals surface area contributed by atoms with Crippen molar-refractivity contribution in [3.63, 3.8) is 0 Å². The summed E-state index contributed by atoms with van der Waals surface area (Å²) in [5.74, 6) is 0.997. The Morgan fingerprint density at radius 3 is 2.35 bits per heavy atom. The van der Waals surface area contributed by atoms with E-state index in [1.165, 1.54) is 12.8 Å². The normalized spacial score (nSPS) is 18.3. The molecular formula is C21H27N7O2S. The number of nitrogens with zero attached hydrogens (tertiary/aromatic N) is 6. The number of hydrogen-bond acceptors (Lipinski definition) is 7. The van der Waals surface area contributed by atoms with Crippen LogP contribution in [0.15, 0.2) is 29.4 Å². The van der Waals surface area contributed by atoms with Crippen molar-refractivity contribution in [2.24, 2.45) is 0 Å². The largest absolute Gasteiger partial charge is 0.369 e. The predicted octanol–water partition coefficient (Wildman–Crippen LogP) is 2.08. The molecule has 0 saturated carbocycles. The fourth-order valence-corrected chi connectivity index (χ4v) is 6.40. The number of aromatic amines is 1. The van der Waals surface area contributed by atoms with E-state index in [-0.39, 0.29) is 0 Å². The summed E-state index contributed by atoms with van der Waals surface area (Å²) in [5.41, 5.74) is 3.12. The lowest BCUT2D eigenvalue weighted by molar-refractivity contribution is 0.384. The predicted molar refractivity (Wildman–Crippen MR) is 120 cm³/mol. The Morgan fingerprint density at radius 2 is 1.68 bits per heavy atom. The lowest BCUT2D eigenvalue weighted by Gasteiger charge is -2.35. The second-order valence-corrected chi connectivity index (χ2v) is 10.1. The third-order valence-corrected chi connectivity index (χ3v) is 8.43. The molecule has 3 aromatic rings. The van der Waals surface area contributed by atoms with E-state index in [0.29, 0.717) is 42.5 Å². The van der Waals surface area contributed by atoms with Crippen molar-refractivity contribution >= 4 is 32.4 Å². The lowest BCUT2D eigenvalue weighted by atomic mass is 10.1. The number of benzene rings is 1. The Labute approximate surface area is 182 Å². The van der Waals surface area contributed by atoms with Gasteiger partial charge in [0.05, 0.1) is 16.9 Å². The molecule has 0 aliphatic carbocycles. The van der Waals surface area contributed by atoms with Gasteiger partial charge in [0.15, 0.2) is 0 Å². The zero-order chi connectivity index (χ0) is 21.6. The summed E-state index contributed by atoms with van der Waals surface area (Å²) < 4.78 is 27.8. The minimum atomic E-state index is -3.55. The van der Waals surface area contributed by atoms with Crippen LogP contribution < -0.4 is 9.80 Å². The van der Waals surface area contributed by atoms with E-state index in [1.807, 2.05) is 6.07 Å². The van der Waals surface area contributed by atoms with Crippen LogP contribution in [0, 0.1) is 13.8 Å². The van der Waals surface area contributed by atoms with Crippen LogP contribution in [0.5, 0.6) is 0 Å². The first kappa shape index (κ1) is 20.2. The van der Waals surface area contributed by atoms with Crippen molar-refractivity contribution in [3.8, 4) is 0 Å². The van der Waals surface area contributed by atoms with Crippen molar-refractivity contribution < 1.29 is 8.42 Å². The first-order valence-corrected chi connectivity index (χ1v) is 12.2. The highest BCUT2D eigenvalue weighted by Gasteiger charge is 2.32. The average molecular weight is 442 g/mol. The van der Waals surface area contributed by atoms with Crippen LogP contribution in [0.1, 0.15) is 24.2 Å². The van der Waals surface area contributed by atoms with E-state index in [1.54, 1.807) is 24.5 Å². The first-order chi connectivity index (χ1) is 14.9. The zero-order valence-electron chi connectivity index (χ0n) is 17.9. The van der Waals surface area contributed by atoms with Crippen LogP contribution in [-0.2, 0) is 10.0 Å². The maximum absolute atomic E-state index is 13.1. The van der Waals surface area contributed by atoms with Crippen molar-refractivity contribution in [3.05, 3.63) is 35.9 Å². The van der Waals surface area contributed by atoms with Gasteiger partial charge >= 0.3 is 0 Å². The molecule has 0 unspecified atom stereocenters. The van der Waals surface area contributed by atoms with Crippen LogP contribution in [0.25, 0.3) is 10.9 Å². The van der Waals surface area contributed by atoms with Crippen LogP contribution in [0.3, 0.4) is 0 Å². The molecule has 4 heterocycles. The monoisotopic (exact) mass is 441 g/mol. The highest BCUT2D eigenvalue weighted by atomic mass is 32.2. The average Bonchev–Trinajstić information content (AvgIpc) is 3.43. The quantitative estimate of drug-likeness (QED) is 0.662. The van der Waals surface area contributed by atoms with Gasteiger partial charge in [0.25, 0.3) is 0 Å². The number of aromatic nitrogens is 4. The molecule has 0 spiro atoms. The molecule has 0 radical (unpaired) electrons. The molecule has 9 nitrogen and oxygen atoms in total. The summed E-state index contributed by atoms with van der Waals surface area (Å²) in [4.78, 5) is 13.9. The fourth-order valence-electron chi connectivity index (χ4n) is 4.65. The van der Waals surface area contributed by atoms with Crippen LogP contribution in [0.2, 0.25) is 0 Å². The summed E-state index contributed by atoms with van der Waals surface area (Å²) in [6.07, 6.45) is 4.02. The van der Waals surface area contributed by atoms with Crippen molar-refractivity contribution in [1.82, 2.24) is 24.5 Å². The maximum Gasteiger partial charge on any atom is 0.246 e. The van der Waals surface area contributed by atoms with Crippen LogP contribution in [0.4, 0.5) is 11.5 Å². The van der Waals surface area contributed by atoms with Gasteiger partial charge in [0.1, 0.15) is 17.0 Å². The molecule has 2 aliphatic heterocycles. The van der Waals surface area contributed by atoms with Gasteiger partial charge in [-0.05, 0) is 44.9 Å². The molecule has 2 fully saturated rings. The van der Waals surface area contributed by atoms with Gasteiger partial charge in [-0.25, -0.2) is 18.4 Å². The Morgan fingerprint density at radius 1 is 0.935 bits per heavy atom. The molecule has 0 bridgehead atoms. The molecule has 0 amide bonds. The van der Waals surface area contributed by atoms with Crippen LogP contribution in [-0.4, -0.2) is 72.2 Å². The Hall–Kier alpha value is -2.72. The second-order valence-electron chi connectivity index (χ2n) is 8.25. The van der Waals surface area contributed by atoms with Crippen molar-refractivity contribution in [2.75, 3.05) is 49.1 Å². The van der Waals surface area contributed by atoms with E-state index in [9.17, 15) is 8.42 Å². The molecule has 10 heteroatoms. The molecule has 0 atom stereocenters. The molecule has 164 valence electrons. The van der Waals surface area contributed by atoms with Gasteiger partial charge in [-0.3, -0.25) is 5.10 Å². The molecule has 5 rings (SSSR count). The molecule has 2 aromatic heterocycles. The van der Waals surface area contributed by atoms with Crippen molar-refractivity contribution in [1.29, 1.82) is 0 Å². The lowest BCUT2D eigenvalue weighted by Crippen LogP contribution is -2.48. The smallest absolute Gasteiger partial charge is 0.246 e. The fraction of sp³-hybridized carbons (Fsp3) is 0.476. The third-order valence-electron chi connectivity index (χ3n) is 6.27. The molecular weight excluding hydrogens is 414 g/mol. The van der Waals surface area contributed by atoms with Crippen LogP contribution >= 0.6 is 0 Å². The Balaban J connectivity index is 1.38. The standard InChI is InChI=1S/C21H27N7O2S/c1-15-20(16(2)25-24-15)31(29,30)28-11-9-26(10-12-28)17-5-6-19-18(13-17)21(23-14-22-19)27-7-3-4-8-27/h5-6,13-14H,3-4,7-12H2,1-2H3,(H,24,25). The van der Waals surface area contributed by atoms with E-state index >= 15 is 0 Å².